The third-order valence-corrected chi connectivity index (χ3v) is 5.59. The highest BCUT2D eigenvalue weighted by molar-refractivity contribution is 6.06. The molecule has 1 amide bonds. The molecule has 8 heteroatoms. The molecule has 1 N–H and O–H groups in total. The number of hydrogen-bond donors (Lipinski definition) is 1. The fourth-order valence-electron chi connectivity index (χ4n) is 3.75. The quantitative estimate of drug-likeness (QED) is 0.354. The van der Waals surface area contributed by atoms with Crippen molar-refractivity contribution in [3.8, 4) is 28.7 Å². The summed E-state index contributed by atoms with van der Waals surface area (Å²) in [5, 5.41) is 7.01. The molecule has 0 atom stereocenters. The Balaban J connectivity index is 1.25. The number of para-hydroxylation sites is 1. The first-order valence-electron chi connectivity index (χ1n) is 11.1. The van der Waals surface area contributed by atoms with Crippen LogP contribution in [0.1, 0.15) is 21.5 Å². The highest BCUT2D eigenvalue weighted by Crippen LogP contribution is 2.24. The predicted molar refractivity (Wildman–Crippen MR) is 132 cm³/mol. The lowest BCUT2D eigenvalue weighted by Gasteiger charge is -2.10. The van der Waals surface area contributed by atoms with Gasteiger partial charge in [0.05, 0.1) is 19.0 Å². The number of hydrogen-bond acceptors (Lipinski definition) is 6. The van der Waals surface area contributed by atoms with E-state index in [4.69, 9.17) is 9.26 Å². The summed E-state index contributed by atoms with van der Waals surface area (Å²) in [4.78, 5) is 21.5. The molecule has 5 rings (SSSR count). The number of amides is 1. The summed E-state index contributed by atoms with van der Waals surface area (Å²) in [7, 11) is 1.55. The molecular formula is C27H23N5O3. The van der Waals surface area contributed by atoms with Crippen molar-refractivity contribution in [3.05, 3.63) is 102 Å². The number of imidazole rings is 1. The first kappa shape index (κ1) is 22.1. The number of rotatable bonds is 7. The van der Waals surface area contributed by atoms with Gasteiger partial charge in [0.25, 0.3) is 11.8 Å². The second kappa shape index (κ2) is 9.64. The number of anilines is 1. The Morgan fingerprint density at radius 2 is 1.80 bits per heavy atom. The Morgan fingerprint density at radius 1 is 1.03 bits per heavy atom. The first-order chi connectivity index (χ1) is 17.1. The molecule has 35 heavy (non-hydrogen) atoms. The van der Waals surface area contributed by atoms with Crippen LogP contribution in [0, 0.1) is 6.92 Å². The van der Waals surface area contributed by atoms with Gasteiger partial charge in [0.15, 0.2) is 0 Å². The van der Waals surface area contributed by atoms with Crippen LogP contribution in [0.3, 0.4) is 0 Å². The van der Waals surface area contributed by atoms with E-state index in [0.717, 1.165) is 16.7 Å². The van der Waals surface area contributed by atoms with Crippen molar-refractivity contribution in [1.29, 1.82) is 0 Å². The first-order valence-corrected chi connectivity index (χ1v) is 11.1. The van der Waals surface area contributed by atoms with Gasteiger partial charge in [-0.25, -0.2) is 4.98 Å². The Labute approximate surface area is 202 Å². The number of nitrogens with zero attached hydrogens (tertiary/aromatic N) is 4. The minimum atomic E-state index is -0.223. The molecule has 8 nitrogen and oxygen atoms in total. The van der Waals surface area contributed by atoms with E-state index in [0.29, 0.717) is 41.0 Å². The van der Waals surface area contributed by atoms with Gasteiger partial charge in [0.2, 0.25) is 5.82 Å². The van der Waals surface area contributed by atoms with Crippen molar-refractivity contribution in [2.24, 2.45) is 0 Å². The highest BCUT2D eigenvalue weighted by Gasteiger charge is 2.15. The van der Waals surface area contributed by atoms with Gasteiger partial charge in [0.1, 0.15) is 11.4 Å². The molecule has 0 aliphatic heterocycles. The van der Waals surface area contributed by atoms with Gasteiger partial charge >= 0.3 is 0 Å². The van der Waals surface area contributed by atoms with Gasteiger partial charge in [-0.3, -0.25) is 4.79 Å². The lowest BCUT2D eigenvalue weighted by molar-refractivity contribution is 0.102. The average molecular weight is 466 g/mol. The summed E-state index contributed by atoms with van der Waals surface area (Å²) in [6.07, 6.45) is 3.59. The minimum absolute atomic E-state index is 0.223. The Bertz CT molecular complexity index is 1470. The highest BCUT2D eigenvalue weighted by atomic mass is 16.5. The molecule has 3 aromatic carbocycles. The van der Waals surface area contributed by atoms with Crippen LogP contribution >= 0.6 is 0 Å². The van der Waals surface area contributed by atoms with Gasteiger partial charge in [-0.1, -0.05) is 53.7 Å². The van der Waals surface area contributed by atoms with Crippen LogP contribution in [0.25, 0.3) is 23.0 Å². The zero-order valence-corrected chi connectivity index (χ0v) is 19.3. The molecule has 0 unspecified atom stereocenters. The summed E-state index contributed by atoms with van der Waals surface area (Å²) >= 11 is 0. The van der Waals surface area contributed by atoms with E-state index in [-0.39, 0.29) is 5.91 Å². The fourth-order valence-corrected chi connectivity index (χ4v) is 3.75. The molecule has 0 saturated heterocycles. The van der Waals surface area contributed by atoms with Crippen molar-refractivity contribution in [3.63, 3.8) is 0 Å². The summed E-state index contributed by atoms with van der Waals surface area (Å²) < 4.78 is 12.7. The van der Waals surface area contributed by atoms with Crippen LogP contribution in [0.15, 0.2) is 89.8 Å². The van der Waals surface area contributed by atoms with E-state index in [9.17, 15) is 4.79 Å². The zero-order chi connectivity index (χ0) is 24.2. The van der Waals surface area contributed by atoms with E-state index in [1.165, 1.54) is 0 Å². The number of carbonyl (C=O) groups excluding carboxylic acids is 1. The van der Waals surface area contributed by atoms with E-state index in [2.05, 4.69) is 20.4 Å². The Kier molecular flexibility index (Phi) is 6.09. The number of nitrogens with one attached hydrogen (secondary N) is 1. The largest absolute Gasteiger partial charge is 0.496 e. The lowest BCUT2D eigenvalue weighted by Crippen LogP contribution is -2.13. The average Bonchev–Trinajstić information content (AvgIpc) is 3.55. The Morgan fingerprint density at radius 3 is 2.60 bits per heavy atom. The molecule has 0 aliphatic rings. The SMILES string of the molecule is COc1ccccc1C(=O)Nc1ccc(Cn2cnc(-c3nc(-c4ccccc4C)no3)c2)cc1. The molecule has 2 aromatic heterocycles. The topological polar surface area (TPSA) is 95.1 Å². The lowest BCUT2D eigenvalue weighted by atomic mass is 10.1. The molecule has 0 aliphatic carbocycles. The molecule has 174 valence electrons. The maximum Gasteiger partial charge on any atom is 0.278 e. The van der Waals surface area contributed by atoms with Gasteiger partial charge in [-0.05, 0) is 42.3 Å². The van der Waals surface area contributed by atoms with Crippen LogP contribution in [-0.2, 0) is 6.54 Å². The number of benzene rings is 3. The molecular weight excluding hydrogens is 442 g/mol. The van der Waals surface area contributed by atoms with E-state index in [1.54, 1.807) is 31.6 Å². The maximum absolute atomic E-state index is 12.6. The van der Waals surface area contributed by atoms with Crippen LogP contribution in [0.4, 0.5) is 5.69 Å². The van der Waals surface area contributed by atoms with Crippen molar-refractivity contribution >= 4 is 11.6 Å². The van der Waals surface area contributed by atoms with Gasteiger partial charge in [0, 0.05) is 24.0 Å². The number of aromatic nitrogens is 4. The minimum Gasteiger partial charge on any atom is -0.496 e. The van der Waals surface area contributed by atoms with Crippen molar-refractivity contribution in [1.82, 2.24) is 19.7 Å². The van der Waals surface area contributed by atoms with E-state index < -0.39 is 0 Å². The van der Waals surface area contributed by atoms with Gasteiger partial charge in [-0.2, -0.15) is 4.98 Å². The molecule has 0 bridgehead atoms. The van der Waals surface area contributed by atoms with Crippen LogP contribution in [-0.4, -0.2) is 32.7 Å². The number of methoxy groups -OCH3 is 1. The summed E-state index contributed by atoms with van der Waals surface area (Å²) in [6.45, 7) is 2.61. The number of ether oxygens (including phenoxy) is 1. The van der Waals surface area contributed by atoms with E-state index >= 15 is 0 Å². The van der Waals surface area contributed by atoms with Crippen LogP contribution < -0.4 is 10.1 Å². The number of aryl methyl sites for hydroxylation is 1. The van der Waals surface area contributed by atoms with Crippen molar-refractivity contribution in [2.45, 2.75) is 13.5 Å². The second-order valence-corrected chi connectivity index (χ2v) is 8.02. The van der Waals surface area contributed by atoms with E-state index in [1.807, 2.05) is 72.3 Å². The monoisotopic (exact) mass is 465 g/mol. The van der Waals surface area contributed by atoms with Crippen molar-refractivity contribution in [2.75, 3.05) is 12.4 Å². The Hall–Kier alpha value is -4.72. The van der Waals surface area contributed by atoms with Crippen LogP contribution in [0.2, 0.25) is 0 Å². The fraction of sp³-hybridized carbons (Fsp3) is 0.111. The third-order valence-electron chi connectivity index (χ3n) is 5.59. The summed E-state index contributed by atoms with van der Waals surface area (Å²) in [6, 6.07) is 22.7. The smallest absolute Gasteiger partial charge is 0.278 e. The van der Waals surface area contributed by atoms with Crippen LogP contribution in [0.5, 0.6) is 5.75 Å². The zero-order valence-electron chi connectivity index (χ0n) is 19.3. The number of carbonyl (C=O) groups is 1. The molecule has 0 fully saturated rings. The molecule has 5 aromatic rings. The second-order valence-electron chi connectivity index (χ2n) is 8.02. The molecule has 2 heterocycles. The third kappa shape index (κ3) is 4.81. The molecule has 0 radical (unpaired) electrons. The van der Waals surface area contributed by atoms with Gasteiger partial charge < -0.3 is 19.1 Å². The standard InChI is InChI=1S/C27H23N5O3/c1-18-7-3-4-8-21(18)25-30-27(35-31-25)23-16-32(17-28-23)15-19-11-13-20(14-12-19)29-26(33)22-9-5-6-10-24(22)34-2/h3-14,16-17H,15H2,1-2H3,(H,29,33). The predicted octanol–water partition coefficient (Wildman–Crippen LogP) is 5.22. The summed E-state index contributed by atoms with van der Waals surface area (Å²) in [5.74, 6) is 1.22. The maximum atomic E-state index is 12.6. The molecule has 0 spiro atoms. The van der Waals surface area contributed by atoms with Gasteiger partial charge in [-0.15, -0.1) is 0 Å². The van der Waals surface area contributed by atoms with Crippen molar-refractivity contribution < 1.29 is 14.1 Å². The summed E-state index contributed by atoms with van der Waals surface area (Å²) in [5.41, 5.74) is 4.85. The molecule has 0 saturated carbocycles. The normalized spacial score (nSPS) is 10.8.